The fraction of sp³-hybridized carbons (Fsp3) is 0.391. The monoisotopic (exact) mass is 420 g/mol. The SMILES string of the molecule is Cc1c(NC(=O)CCN2C(=O)[C@@H]3[C@@H](C2=O)[C@H]2C=C[C@H]3C2)c(=O)n(-c2ccccc2)n1C. The van der Waals surface area contributed by atoms with Crippen LogP contribution in [-0.4, -0.2) is 38.5 Å². The second kappa shape index (κ2) is 7.08. The van der Waals surface area contributed by atoms with Gasteiger partial charge >= 0.3 is 0 Å². The third-order valence-corrected chi connectivity index (χ3v) is 6.94. The Hall–Kier alpha value is -3.42. The van der Waals surface area contributed by atoms with E-state index in [0.29, 0.717) is 11.4 Å². The van der Waals surface area contributed by atoms with Gasteiger partial charge in [0.25, 0.3) is 5.56 Å². The molecule has 0 spiro atoms. The number of nitrogens with zero attached hydrogens (tertiary/aromatic N) is 3. The van der Waals surface area contributed by atoms with Crippen LogP contribution in [0.2, 0.25) is 0 Å². The average Bonchev–Trinajstić information content (AvgIpc) is 3.48. The van der Waals surface area contributed by atoms with Crippen molar-refractivity contribution in [2.75, 3.05) is 11.9 Å². The molecule has 1 aromatic heterocycles. The van der Waals surface area contributed by atoms with Crippen molar-refractivity contribution in [1.82, 2.24) is 14.3 Å². The lowest BCUT2D eigenvalue weighted by Crippen LogP contribution is -2.35. The minimum Gasteiger partial charge on any atom is -0.320 e. The van der Waals surface area contributed by atoms with Crippen LogP contribution < -0.4 is 10.9 Å². The Balaban J connectivity index is 1.29. The average molecular weight is 420 g/mol. The van der Waals surface area contributed by atoms with Crippen molar-refractivity contribution in [3.05, 3.63) is 58.5 Å². The number of fused-ring (bicyclic) bond motifs is 5. The van der Waals surface area contributed by atoms with Crippen LogP contribution in [0, 0.1) is 30.6 Å². The minimum absolute atomic E-state index is 0.0364. The van der Waals surface area contributed by atoms with Crippen molar-refractivity contribution < 1.29 is 14.4 Å². The van der Waals surface area contributed by atoms with Gasteiger partial charge in [0.05, 0.1) is 23.2 Å². The highest BCUT2D eigenvalue weighted by atomic mass is 16.2. The Labute approximate surface area is 179 Å². The largest absolute Gasteiger partial charge is 0.320 e. The summed E-state index contributed by atoms with van der Waals surface area (Å²) in [6.45, 7) is 1.79. The van der Waals surface area contributed by atoms with Crippen LogP contribution in [0.3, 0.4) is 0 Å². The number of allylic oxidation sites excluding steroid dienone is 2. The first-order valence-electron chi connectivity index (χ1n) is 10.6. The summed E-state index contributed by atoms with van der Waals surface area (Å²) in [5, 5.41) is 2.69. The van der Waals surface area contributed by atoms with E-state index in [0.717, 1.165) is 6.42 Å². The number of amides is 3. The van der Waals surface area contributed by atoms with Crippen LogP contribution >= 0.6 is 0 Å². The number of aromatic nitrogens is 2. The molecule has 2 aromatic rings. The van der Waals surface area contributed by atoms with Gasteiger partial charge in [0.15, 0.2) is 0 Å². The summed E-state index contributed by atoms with van der Waals surface area (Å²) >= 11 is 0. The minimum atomic E-state index is -0.398. The number of carbonyl (C=O) groups is 3. The molecule has 2 aliphatic carbocycles. The van der Waals surface area contributed by atoms with E-state index >= 15 is 0 Å². The standard InChI is InChI=1S/C23H24N4O4/c1-13-20(23(31)27(25(13)2)16-6-4-3-5-7-16)24-17(28)10-11-26-21(29)18-14-8-9-15(12-14)19(18)22(26)30/h3-9,14-15,18-19H,10-12H2,1-2H3,(H,24,28)/t14-,15-,18-,19-/m0/s1. The molecule has 1 aromatic carbocycles. The first-order valence-corrected chi connectivity index (χ1v) is 10.6. The Morgan fingerprint density at radius 2 is 1.65 bits per heavy atom. The molecule has 4 atom stereocenters. The first kappa shape index (κ1) is 19.5. The number of benzene rings is 1. The van der Waals surface area contributed by atoms with Crippen LogP contribution in [0.1, 0.15) is 18.5 Å². The molecule has 0 unspecified atom stereocenters. The van der Waals surface area contributed by atoms with Crippen molar-refractivity contribution in [3.63, 3.8) is 0 Å². The fourth-order valence-electron chi connectivity index (χ4n) is 5.31. The molecular weight excluding hydrogens is 396 g/mol. The van der Waals surface area contributed by atoms with Crippen LogP contribution in [0.5, 0.6) is 0 Å². The van der Waals surface area contributed by atoms with Gasteiger partial charge < -0.3 is 5.32 Å². The summed E-state index contributed by atoms with van der Waals surface area (Å²) < 4.78 is 3.17. The highest BCUT2D eigenvalue weighted by Crippen LogP contribution is 2.52. The summed E-state index contributed by atoms with van der Waals surface area (Å²) in [6, 6.07) is 9.17. The zero-order valence-corrected chi connectivity index (χ0v) is 17.4. The van der Waals surface area contributed by atoms with Gasteiger partial charge in [0, 0.05) is 20.0 Å². The smallest absolute Gasteiger partial charge is 0.295 e. The van der Waals surface area contributed by atoms with Gasteiger partial charge in [0.1, 0.15) is 5.69 Å². The third kappa shape index (κ3) is 2.89. The maximum absolute atomic E-state index is 12.9. The van der Waals surface area contributed by atoms with Crippen molar-refractivity contribution in [1.29, 1.82) is 0 Å². The lowest BCUT2D eigenvalue weighted by Gasteiger charge is -2.16. The molecule has 5 rings (SSSR count). The lowest BCUT2D eigenvalue weighted by molar-refractivity contribution is -0.140. The third-order valence-electron chi connectivity index (χ3n) is 6.94. The summed E-state index contributed by atoms with van der Waals surface area (Å²) in [5.74, 6) is -0.962. The van der Waals surface area contributed by atoms with Gasteiger partial charge in [-0.05, 0) is 37.3 Å². The summed E-state index contributed by atoms with van der Waals surface area (Å²) in [7, 11) is 1.75. The summed E-state index contributed by atoms with van der Waals surface area (Å²) in [6.07, 6.45) is 4.92. The number of hydrogen-bond donors (Lipinski definition) is 1. The molecule has 2 bridgehead atoms. The molecule has 2 fully saturated rings. The molecule has 31 heavy (non-hydrogen) atoms. The van der Waals surface area contributed by atoms with E-state index in [-0.39, 0.29) is 59.7 Å². The maximum Gasteiger partial charge on any atom is 0.295 e. The van der Waals surface area contributed by atoms with Crippen LogP contribution in [0.25, 0.3) is 5.69 Å². The Morgan fingerprint density at radius 1 is 1.03 bits per heavy atom. The van der Waals surface area contributed by atoms with Gasteiger partial charge in [0.2, 0.25) is 17.7 Å². The number of imide groups is 1. The van der Waals surface area contributed by atoms with E-state index in [1.54, 1.807) is 18.7 Å². The number of carbonyl (C=O) groups excluding carboxylic acids is 3. The lowest BCUT2D eigenvalue weighted by atomic mass is 9.85. The second-order valence-corrected chi connectivity index (χ2v) is 8.56. The Morgan fingerprint density at radius 3 is 2.26 bits per heavy atom. The number of rotatable bonds is 5. The molecule has 1 N–H and O–H groups in total. The number of para-hydroxylation sites is 1. The molecule has 8 nitrogen and oxygen atoms in total. The zero-order chi connectivity index (χ0) is 21.9. The fourth-order valence-corrected chi connectivity index (χ4v) is 5.31. The maximum atomic E-state index is 12.9. The van der Waals surface area contributed by atoms with E-state index in [9.17, 15) is 19.2 Å². The van der Waals surface area contributed by atoms with E-state index in [2.05, 4.69) is 5.32 Å². The first-order chi connectivity index (χ1) is 14.9. The molecule has 8 heteroatoms. The number of nitrogens with one attached hydrogen (secondary N) is 1. The van der Waals surface area contributed by atoms with Gasteiger partial charge in [-0.2, -0.15) is 0 Å². The number of hydrogen-bond acceptors (Lipinski definition) is 4. The molecule has 3 amide bonds. The van der Waals surface area contributed by atoms with Gasteiger partial charge in [-0.25, -0.2) is 4.68 Å². The summed E-state index contributed by atoms with van der Waals surface area (Å²) in [4.78, 5) is 52.3. The molecule has 3 aliphatic rings. The van der Waals surface area contributed by atoms with Crippen molar-refractivity contribution in [2.45, 2.75) is 19.8 Å². The van der Waals surface area contributed by atoms with Crippen molar-refractivity contribution in [2.24, 2.45) is 30.7 Å². The van der Waals surface area contributed by atoms with Gasteiger partial charge in [-0.3, -0.25) is 28.8 Å². The van der Waals surface area contributed by atoms with Crippen LogP contribution in [0.4, 0.5) is 5.69 Å². The molecule has 2 heterocycles. The molecule has 1 aliphatic heterocycles. The predicted molar refractivity (Wildman–Crippen MR) is 113 cm³/mol. The van der Waals surface area contributed by atoms with Crippen LogP contribution in [0.15, 0.2) is 47.3 Å². The highest BCUT2D eigenvalue weighted by Gasteiger charge is 2.59. The number of anilines is 1. The summed E-state index contributed by atoms with van der Waals surface area (Å²) in [5.41, 5.74) is 1.19. The van der Waals surface area contributed by atoms with Crippen molar-refractivity contribution >= 4 is 23.4 Å². The second-order valence-electron chi connectivity index (χ2n) is 8.56. The van der Waals surface area contributed by atoms with E-state index in [4.69, 9.17) is 0 Å². The molecule has 1 saturated carbocycles. The van der Waals surface area contributed by atoms with Gasteiger partial charge in [-0.15, -0.1) is 0 Å². The molecule has 160 valence electrons. The molecular formula is C23H24N4O4. The van der Waals surface area contributed by atoms with E-state index in [1.165, 1.54) is 9.58 Å². The Kier molecular flexibility index (Phi) is 4.46. The Bertz CT molecular complexity index is 1150. The van der Waals surface area contributed by atoms with E-state index < -0.39 is 5.91 Å². The van der Waals surface area contributed by atoms with Gasteiger partial charge in [-0.1, -0.05) is 30.4 Å². The highest BCUT2D eigenvalue weighted by molar-refractivity contribution is 6.06. The molecule has 1 saturated heterocycles. The van der Waals surface area contributed by atoms with Crippen molar-refractivity contribution in [3.8, 4) is 5.69 Å². The number of likely N-dealkylation sites (tertiary alicyclic amines) is 1. The predicted octanol–water partition coefficient (Wildman–Crippen LogP) is 1.62. The topological polar surface area (TPSA) is 93.4 Å². The molecule has 0 radical (unpaired) electrons. The van der Waals surface area contributed by atoms with E-state index in [1.807, 2.05) is 42.5 Å². The normalized spacial score (nSPS) is 26.1. The van der Waals surface area contributed by atoms with Crippen LogP contribution in [-0.2, 0) is 21.4 Å². The zero-order valence-electron chi connectivity index (χ0n) is 17.4. The quantitative estimate of drug-likeness (QED) is 0.588.